The number of hydrogen-bond acceptors (Lipinski definition) is 6. The van der Waals surface area contributed by atoms with Gasteiger partial charge in [0.25, 0.3) is 11.6 Å². The van der Waals surface area contributed by atoms with E-state index in [0.717, 1.165) is 11.3 Å². The topological polar surface area (TPSA) is 111 Å². The van der Waals surface area contributed by atoms with Crippen molar-refractivity contribution in [3.8, 4) is 0 Å². The number of amides is 1. The third-order valence-electron chi connectivity index (χ3n) is 2.16. The SMILES string of the molecule is Nc1nc(C(=O)Nc2ccc([N+](=O)[O-])c(Br)c2)cs1. The van der Waals surface area contributed by atoms with Crippen molar-refractivity contribution in [1.82, 2.24) is 4.98 Å². The van der Waals surface area contributed by atoms with Crippen molar-refractivity contribution in [2.75, 3.05) is 11.1 Å². The van der Waals surface area contributed by atoms with Gasteiger partial charge in [0, 0.05) is 17.1 Å². The van der Waals surface area contributed by atoms with E-state index in [1.54, 1.807) is 0 Å². The van der Waals surface area contributed by atoms with Crippen LogP contribution in [0.3, 0.4) is 0 Å². The molecule has 3 N–H and O–H groups in total. The Kier molecular flexibility index (Phi) is 3.76. The quantitative estimate of drug-likeness (QED) is 0.657. The minimum Gasteiger partial charge on any atom is -0.375 e. The van der Waals surface area contributed by atoms with Gasteiger partial charge in [-0.1, -0.05) is 0 Å². The number of nitrogens with two attached hydrogens (primary N) is 1. The minimum absolute atomic E-state index is 0.0732. The minimum atomic E-state index is -0.517. The van der Waals surface area contributed by atoms with E-state index in [2.05, 4.69) is 26.2 Å². The summed E-state index contributed by atoms with van der Waals surface area (Å²) < 4.78 is 0.285. The van der Waals surface area contributed by atoms with Crippen LogP contribution >= 0.6 is 27.3 Å². The molecule has 0 spiro atoms. The van der Waals surface area contributed by atoms with E-state index in [4.69, 9.17) is 5.73 Å². The second-order valence-electron chi connectivity index (χ2n) is 3.45. The number of anilines is 2. The molecule has 0 aliphatic rings. The van der Waals surface area contributed by atoms with Gasteiger partial charge in [0.05, 0.1) is 9.40 Å². The van der Waals surface area contributed by atoms with Gasteiger partial charge in [0.15, 0.2) is 5.13 Å². The number of nitrogens with zero attached hydrogens (tertiary/aromatic N) is 2. The molecule has 0 aliphatic heterocycles. The van der Waals surface area contributed by atoms with Crippen LogP contribution in [0.25, 0.3) is 0 Å². The highest BCUT2D eigenvalue weighted by Gasteiger charge is 2.14. The Bertz CT molecular complexity index is 658. The number of hydrogen-bond donors (Lipinski definition) is 2. The fourth-order valence-corrected chi connectivity index (χ4v) is 2.39. The van der Waals surface area contributed by atoms with Crippen molar-refractivity contribution in [3.05, 3.63) is 43.9 Å². The summed E-state index contributed by atoms with van der Waals surface area (Å²) in [5.41, 5.74) is 5.99. The van der Waals surface area contributed by atoms with Crippen LogP contribution in [-0.4, -0.2) is 15.8 Å². The molecule has 19 heavy (non-hydrogen) atoms. The Morgan fingerprint density at radius 3 is 2.79 bits per heavy atom. The number of halogens is 1. The number of aromatic nitrogens is 1. The number of carbonyl (C=O) groups excluding carboxylic acids is 1. The number of nitro benzene ring substituents is 1. The Balaban J connectivity index is 2.18. The highest BCUT2D eigenvalue weighted by Crippen LogP contribution is 2.27. The van der Waals surface area contributed by atoms with Crippen LogP contribution in [0, 0.1) is 10.1 Å². The van der Waals surface area contributed by atoms with Gasteiger partial charge in [-0.05, 0) is 28.1 Å². The molecule has 1 amide bonds. The van der Waals surface area contributed by atoms with E-state index in [-0.39, 0.29) is 15.9 Å². The summed E-state index contributed by atoms with van der Waals surface area (Å²) in [6, 6.07) is 4.19. The van der Waals surface area contributed by atoms with Crippen LogP contribution in [0.4, 0.5) is 16.5 Å². The number of thiazole rings is 1. The lowest BCUT2D eigenvalue weighted by Gasteiger charge is -2.04. The van der Waals surface area contributed by atoms with Gasteiger partial charge in [-0.15, -0.1) is 11.3 Å². The average Bonchev–Trinajstić information content (AvgIpc) is 2.75. The van der Waals surface area contributed by atoms with Gasteiger partial charge in [-0.25, -0.2) is 4.98 Å². The first kappa shape index (κ1) is 13.4. The summed E-state index contributed by atoms with van der Waals surface area (Å²) in [6.07, 6.45) is 0. The molecule has 1 heterocycles. The van der Waals surface area contributed by atoms with Crippen molar-refractivity contribution in [1.29, 1.82) is 0 Å². The number of nitro groups is 1. The highest BCUT2D eigenvalue weighted by atomic mass is 79.9. The molecule has 2 aromatic rings. The average molecular weight is 343 g/mol. The summed E-state index contributed by atoms with van der Waals surface area (Å²) >= 11 is 4.23. The third kappa shape index (κ3) is 3.06. The molecule has 0 atom stereocenters. The van der Waals surface area contributed by atoms with Crippen molar-refractivity contribution in [2.45, 2.75) is 0 Å². The van der Waals surface area contributed by atoms with Crippen molar-refractivity contribution >= 4 is 49.7 Å². The molecule has 98 valence electrons. The van der Waals surface area contributed by atoms with Crippen LogP contribution in [-0.2, 0) is 0 Å². The Hall–Kier alpha value is -2.00. The predicted octanol–water partition coefficient (Wildman–Crippen LogP) is 2.65. The first-order chi connectivity index (χ1) is 8.97. The van der Waals surface area contributed by atoms with Crippen molar-refractivity contribution < 1.29 is 9.72 Å². The maximum absolute atomic E-state index is 11.8. The Morgan fingerprint density at radius 1 is 1.53 bits per heavy atom. The molecule has 2 rings (SSSR count). The standard InChI is InChI=1S/C10H7BrN4O3S/c11-6-3-5(1-2-8(6)15(17)18)13-9(16)7-4-19-10(12)14-7/h1-4H,(H2,12,14)(H,13,16). The molecule has 1 aromatic carbocycles. The van der Waals surface area contributed by atoms with Gasteiger partial charge < -0.3 is 11.1 Å². The van der Waals surface area contributed by atoms with E-state index in [1.807, 2.05) is 0 Å². The van der Waals surface area contributed by atoms with Crippen LogP contribution < -0.4 is 11.1 Å². The van der Waals surface area contributed by atoms with Gasteiger partial charge >= 0.3 is 0 Å². The lowest BCUT2D eigenvalue weighted by Crippen LogP contribution is -2.12. The van der Waals surface area contributed by atoms with Crippen LogP contribution in [0.15, 0.2) is 28.1 Å². The molecule has 0 radical (unpaired) electrons. The molecule has 0 saturated heterocycles. The summed E-state index contributed by atoms with van der Waals surface area (Å²) in [6.45, 7) is 0. The van der Waals surface area contributed by atoms with Crippen molar-refractivity contribution in [2.24, 2.45) is 0 Å². The molecular formula is C10H7BrN4O3S. The van der Waals surface area contributed by atoms with E-state index < -0.39 is 10.8 Å². The third-order valence-corrected chi connectivity index (χ3v) is 3.47. The molecular weight excluding hydrogens is 336 g/mol. The lowest BCUT2D eigenvalue weighted by molar-refractivity contribution is -0.385. The molecule has 0 bridgehead atoms. The lowest BCUT2D eigenvalue weighted by atomic mass is 10.3. The number of carbonyl (C=O) groups is 1. The van der Waals surface area contributed by atoms with Crippen molar-refractivity contribution in [3.63, 3.8) is 0 Å². The monoisotopic (exact) mass is 342 g/mol. The predicted molar refractivity (Wildman–Crippen MR) is 75.3 cm³/mol. The van der Waals surface area contributed by atoms with E-state index in [9.17, 15) is 14.9 Å². The Labute approximate surface area is 119 Å². The van der Waals surface area contributed by atoms with Gasteiger partial charge in [-0.3, -0.25) is 14.9 Å². The van der Waals surface area contributed by atoms with Crippen LogP contribution in [0.2, 0.25) is 0 Å². The van der Waals surface area contributed by atoms with Crippen LogP contribution in [0.5, 0.6) is 0 Å². The first-order valence-electron chi connectivity index (χ1n) is 4.93. The summed E-state index contributed by atoms with van der Waals surface area (Å²) in [5.74, 6) is -0.422. The molecule has 1 aromatic heterocycles. The molecule has 0 unspecified atom stereocenters. The van der Waals surface area contributed by atoms with E-state index in [0.29, 0.717) is 10.8 Å². The molecule has 0 aliphatic carbocycles. The molecule has 7 nitrogen and oxygen atoms in total. The van der Waals surface area contributed by atoms with Gasteiger partial charge in [-0.2, -0.15) is 0 Å². The maximum atomic E-state index is 11.8. The zero-order chi connectivity index (χ0) is 14.0. The molecule has 9 heteroatoms. The normalized spacial score (nSPS) is 10.2. The van der Waals surface area contributed by atoms with Gasteiger partial charge in [0.2, 0.25) is 0 Å². The first-order valence-corrected chi connectivity index (χ1v) is 6.61. The Morgan fingerprint density at radius 2 is 2.26 bits per heavy atom. The summed E-state index contributed by atoms with van der Waals surface area (Å²) in [7, 11) is 0. The number of nitrogens with one attached hydrogen (secondary N) is 1. The van der Waals surface area contributed by atoms with E-state index >= 15 is 0 Å². The number of benzene rings is 1. The van der Waals surface area contributed by atoms with Crippen LogP contribution in [0.1, 0.15) is 10.5 Å². The number of rotatable bonds is 3. The fraction of sp³-hybridized carbons (Fsp3) is 0. The second kappa shape index (κ2) is 5.33. The summed E-state index contributed by atoms with van der Waals surface area (Å²) in [4.78, 5) is 25.8. The van der Waals surface area contributed by atoms with E-state index in [1.165, 1.54) is 23.6 Å². The number of nitrogen functional groups attached to an aromatic ring is 1. The van der Waals surface area contributed by atoms with Gasteiger partial charge in [0.1, 0.15) is 5.69 Å². The highest BCUT2D eigenvalue weighted by molar-refractivity contribution is 9.10. The molecule has 0 saturated carbocycles. The fourth-order valence-electron chi connectivity index (χ4n) is 1.32. The molecule has 0 fully saturated rings. The smallest absolute Gasteiger partial charge is 0.283 e. The maximum Gasteiger partial charge on any atom is 0.283 e. The zero-order valence-electron chi connectivity index (χ0n) is 9.29. The second-order valence-corrected chi connectivity index (χ2v) is 5.19. The largest absolute Gasteiger partial charge is 0.375 e. The summed E-state index contributed by atoms with van der Waals surface area (Å²) in [5, 5.41) is 15.1. The zero-order valence-corrected chi connectivity index (χ0v) is 11.7.